The van der Waals surface area contributed by atoms with Crippen LogP contribution in [-0.4, -0.2) is 6.04 Å². The van der Waals surface area contributed by atoms with Crippen molar-refractivity contribution in [2.75, 3.05) is 0 Å². The van der Waals surface area contributed by atoms with Crippen LogP contribution in [0.15, 0.2) is 11.6 Å². The monoisotopic (exact) mass is 165 g/mol. The first-order valence-corrected chi connectivity index (χ1v) is 4.99. The van der Waals surface area contributed by atoms with E-state index < -0.39 is 0 Å². The largest absolute Gasteiger partial charge is 0.324 e. The molecule has 1 heteroatoms. The maximum atomic E-state index is 5.94. The summed E-state index contributed by atoms with van der Waals surface area (Å²) < 4.78 is 0. The Balaban J connectivity index is 2.24. The Morgan fingerprint density at radius 3 is 2.58 bits per heavy atom. The summed E-state index contributed by atoms with van der Waals surface area (Å²) in [6.45, 7) is 6.89. The number of hydrogen-bond acceptors (Lipinski definition) is 1. The van der Waals surface area contributed by atoms with Crippen molar-refractivity contribution < 1.29 is 0 Å². The fourth-order valence-corrected chi connectivity index (χ4v) is 2.91. The molecule has 0 aromatic rings. The lowest BCUT2D eigenvalue weighted by molar-refractivity contribution is -0.00923. The molecule has 0 aromatic heterocycles. The van der Waals surface area contributed by atoms with Crippen molar-refractivity contribution in [3.63, 3.8) is 0 Å². The third-order valence-corrected chi connectivity index (χ3v) is 4.04. The summed E-state index contributed by atoms with van der Waals surface area (Å²) in [4.78, 5) is 0. The predicted octanol–water partition coefficient (Wildman–Crippen LogP) is 2.33. The molecule has 3 aliphatic rings. The van der Waals surface area contributed by atoms with Crippen molar-refractivity contribution in [3.8, 4) is 0 Å². The average Bonchev–Trinajstić information content (AvgIpc) is 2.04. The van der Waals surface area contributed by atoms with Crippen LogP contribution in [0, 0.1) is 17.3 Å². The van der Waals surface area contributed by atoms with Crippen LogP contribution in [-0.2, 0) is 0 Å². The Hall–Kier alpha value is -0.300. The van der Waals surface area contributed by atoms with Gasteiger partial charge >= 0.3 is 0 Å². The quantitative estimate of drug-likeness (QED) is 0.593. The van der Waals surface area contributed by atoms with Gasteiger partial charge in [-0.3, -0.25) is 0 Å². The summed E-state index contributed by atoms with van der Waals surface area (Å²) in [6, 6.07) is 0.274. The SMILES string of the molecule is CC(N)C1=CC[C@@H]2C[C@H]1C2(C)C. The third kappa shape index (κ3) is 0.891. The second kappa shape index (κ2) is 2.35. The van der Waals surface area contributed by atoms with Gasteiger partial charge in [0.15, 0.2) is 0 Å². The van der Waals surface area contributed by atoms with Crippen molar-refractivity contribution in [1.82, 2.24) is 0 Å². The molecule has 3 atom stereocenters. The van der Waals surface area contributed by atoms with Crippen LogP contribution >= 0.6 is 0 Å². The molecule has 1 unspecified atom stereocenters. The smallest absolute Gasteiger partial charge is 0.0227 e. The molecule has 2 bridgehead atoms. The number of allylic oxidation sites excluding steroid dienone is 1. The second-order valence-electron chi connectivity index (χ2n) is 5.04. The van der Waals surface area contributed by atoms with E-state index in [-0.39, 0.29) is 6.04 Å². The minimum atomic E-state index is 0.274. The third-order valence-electron chi connectivity index (χ3n) is 4.04. The Morgan fingerprint density at radius 2 is 2.25 bits per heavy atom. The highest BCUT2D eigenvalue weighted by Gasteiger charge is 2.51. The molecule has 0 amide bonds. The summed E-state index contributed by atoms with van der Waals surface area (Å²) >= 11 is 0. The first kappa shape index (κ1) is 8.31. The van der Waals surface area contributed by atoms with Gasteiger partial charge in [0, 0.05) is 6.04 Å². The lowest BCUT2D eigenvalue weighted by Gasteiger charge is -2.57. The van der Waals surface area contributed by atoms with Crippen molar-refractivity contribution in [3.05, 3.63) is 11.6 Å². The van der Waals surface area contributed by atoms with Gasteiger partial charge in [-0.05, 0) is 37.0 Å². The normalized spacial score (nSPS) is 39.8. The van der Waals surface area contributed by atoms with Gasteiger partial charge < -0.3 is 5.73 Å². The summed E-state index contributed by atoms with van der Waals surface area (Å²) in [7, 11) is 0. The number of nitrogens with two attached hydrogens (primary N) is 1. The Bertz CT molecular complexity index is 225. The summed E-state index contributed by atoms with van der Waals surface area (Å²) in [6.07, 6.45) is 5.04. The van der Waals surface area contributed by atoms with Crippen molar-refractivity contribution in [2.24, 2.45) is 23.0 Å². The number of rotatable bonds is 1. The van der Waals surface area contributed by atoms with Crippen LogP contribution in [0.2, 0.25) is 0 Å². The second-order valence-corrected chi connectivity index (χ2v) is 5.04. The van der Waals surface area contributed by atoms with E-state index in [1.165, 1.54) is 18.4 Å². The zero-order valence-electron chi connectivity index (χ0n) is 8.30. The van der Waals surface area contributed by atoms with E-state index in [4.69, 9.17) is 5.73 Å². The predicted molar refractivity (Wildman–Crippen MR) is 51.7 cm³/mol. The maximum Gasteiger partial charge on any atom is 0.0227 e. The highest BCUT2D eigenvalue weighted by Crippen LogP contribution is 2.59. The van der Waals surface area contributed by atoms with Crippen LogP contribution in [0.4, 0.5) is 0 Å². The van der Waals surface area contributed by atoms with Crippen LogP contribution in [0.3, 0.4) is 0 Å². The van der Waals surface area contributed by atoms with Gasteiger partial charge in [-0.15, -0.1) is 0 Å². The first-order chi connectivity index (χ1) is 5.53. The number of fused-ring (bicyclic) bond motifs is 1. The van der Waals surface area contributed by atoms with Gasteiger partial charge in [-0.1, -0.05) is 25.5 Å². The molecule has 0 aliphatic heterocycles. The highest BCUT2D eigenvalue weighted by atomic mass is 14.7. The molecular weight excluding hydrogens is 146 g/mol. The molecule has 12 heavy (non-hydrogen) atoms. The van der Waals surface area contributed by atoms with Gasteiger partial charge in [0.25, 0.3) is 0 Å². The molecule has 0 radical (unpaired) electrons. The van der Waals surface area contributed by atoms with E-state index in [1.54, 1.807) is 0 Å². The van der Waals surface area contributed by atoms with E-state index >= 15 is 0 Å². The molecule has 2 N–H and O–H groups in total. The molecule has 3 rings (SSSR count). The fourth-order valence-electron chi connectivity index (χ4n) is 2.91. The number of hydrogen-bond donors (Lipinski definition) is 1. The van der Waals surface area contributed by atoms with Crippen LogP contribution < -0.4 is 5.73 Å². The molecule has 68 valence electrons. The summed E-state index contributed by atoms with van der Waals surface area (Å²) in [5, 5.41) is 0. The standard InChI is InChI=1S/C11H19N/c1-7(12)9-5-4-8-6-10(9)11(8,2)3/h5,7-8,10H,4,6,12H2,1-3H3/t7?,8-,10-/m1/s1. The van der Waals surface area contributed by atoms with Crippen LogP contribution in [0.5, 0.6) is 0 Å². The molecule has 3 aliphatic carbocycles. The first-order valence-electron chi connectivity index (χ1n) is 4.99. The van der Waals surface area contributed by atoms with Crippen LogP contribution in [0.25, 0.3) is 0 Å². The molecular formula is C11H19N. The van der Waals surface area contributed by atoms with Crippen LogP contribution in [0.1, 0.15) is 33.6 Å². The van der Waals surface area contributed by atoms with Crippen molar-refractivity contribution >= 4 is 0 Å². The van der Waals surface area contributed by atoms with Gasteiger partial charge in [0.05, 0.1) is 0 Å². The van der Waals surface area contributed by atoms with E-state index in [0.29, 0.717) is 5.41 Å². The summed E-state index contributed by atoms with van der Waals surface area (Å²) in [5.74, 6) is 1.72. The maximum absolute atomic E-state index is 5.94. The average molecular weight is 165 g/mol. The summed E-state index contributed by atoms with van der Waals surface area (Å²) in [5.41, 5.74) is 7.99. The van der Waals surface area contributed by atoms with E-state index in [1.807, 2.05) is 0 Å². The zero-order valence-corrected chi connectivity index (χ0v) is 8.30. The van der Waals surface area contributed by atoms with Gasteiger partial charge in [0.2, 0.25) is 0 Å². The highest BCUT2D eigenvalue weighted by molar-refractivity contribution is 5.26. The van der Waals surface area contributed by atoms with Crippen molar-refractivity contribution in [2.45, 2.75) is 39.7 Å². The van der Waals surface area contributed by atoms with E-state index in [9.17, 15) is 0 Å². The lowest BCUT2D eigenvalue weighted by atomic mass is 9.48. The molecule has 0 saturated heterocycles. The van der Waals surface area contributed by atoms with Gasteiger partial charge in [-0.25, -0.2) is 0 Å². The van der Waals surface area contributed by atoms with E-state index in [0.717, 1.165) is 11.8 Å². The Morgan fingerprint density at radius 1 is 1.58 bits per heavy atom. The molecule has 0 spiro atoms. The zero-order chi connectivity index (χ0) is 8.93. The molecule has 1 saturated carbocycles. The lowest BCUT2D eigenvalue weighted by Crippen LogP contribution is -2.50. The topological polar surface area (TPSA) is 26.0 Å². The van der Waals surface area contributed by atoms with Gasteiger partial charge in [0.1, 0.15) is 0 Å². The minimum absolute atomic E-state index is 0.274. The Kier molecular flexibility index (Phi) is 1.63. The van der Waals surface area contributed by atoms with Crippen molar-refractivity contribution in [1.29, 1.82) is 0 Å². The molecule has 0 heterocycles. The minimum Gasteiger partial charge on any atom is -0.324 e. The van der Waals surface area contributed by atoms with Gasteiger partial charge in [-0.2, -0.15) is 0 Å². The van der Waals surface area contributed by atoms with E-state index in [2.05, 4.69) is 26.8 Å². The molecule has 1 nitrogen and oxygen atoms in total. The Labute approximate surface area is 75.0 Å². The molecule has 1 fully saturated rings. The molecule has 0 aromatic carbocycles. The fraction of sp³-hybridized carbons (Fsp3) is 0.818.